The third kappa shape index (κ3) is 3.54. The number of sulfonamides is 1. The molecule has 122 valence electrons. The fraction of sp³-hybridized carbons (Fsp3) is 0.462. The molecule has 1 aromatic rings. The first-order valence-corrected chi connectivity index (χ1v) is 8.32. The summed E-state index contributed by atoms with van der Waals surface area (Å²) in [5, 5.41) is -1.17. The third-order valence-corrected chi connectivity index (χ3v) is 4.92. The SMILES string of the molecule is CCOC(=O)C1CNNC1S(=O)(=O)Nc1ccc(F)cc1C. The van der Waals surface area contributed by atoms with Gasteiger partial charge in [-0.1, -0.05) is 0 Å². The Labute approximate surface area is 128 Å². The molecular formula is C13H18FN3O4S. The van der Waals surface area contributed by atoms with Gasteiger partial charge in [0.2, 0.25) is 0 Å². The Morgan fingerprint density at radius 3 is 2.86 bits per heavy atom. The number of hydrazine groups is 1. The van der Waals surface area contributed by atoms with E-state index in [1.54, 1.807) is 13.8 Å². The van der Waals surface area contributed by atoms with Crippen molar-refractivity contribution in [1.29, 1.82) is 0 Å². The highest BCUT2D eigenvalue weighted by atomic mass is 32.2. The van der Waals surface area contributed by atoms with Gasteiger partial charge in [0, 0.05) is 6.54 Å². The lowest BCUT2D eigenvalue weighted by Gasteiger charge is -2.19. The predicted octanol–water partition coefficient (Wildman–Crippen LogP) is 0.489. The van der Waals surface area contributed by atoms with E-state index in [2.05, 4.69) is 15.6 Å². The molecule has 2 unspecified atom stereocenters. The Bertz CT molecular complexity index is 665. The highest BCUT2D eigenvalue weighted by molar-refractivity contribution is 7.93. The summed E-state index contributed by atoms with van der Waals surface area (Å²) in [6.07, 6.45) is 0. The predicted molar refractivity (Wildman–Crippen MR) is 78.7 cm³/mol. The van der Waals surface area contributed by atoms with E-state index in [-0.39, 0.29) is 18.8 Å². The largest absolute Gasteiger partial charge is 0.466 e. The van der Waals surface area contributed by atoms with Gasteiger partial charge in [-0.05, 0) is 37.6 Å². The molecule has 3 N–H and O–H groups in total. The zero-order valence-electron chi connectivity index (χ0n) is 12.2. The van der Waals surface area contributed by atoms with Crippen LogP contribution in [0.4, 0.5) is 10.1 Å². The quantitative estimate of drug-likeness (QED) is 0.680. The van der Waals surface area contributed by atoms with E-state index in [0.29, 0.717) is 5.56 Å². The van der Waals surface area contributed by atoms with Gasteiger partial charge in [0.25, 0.3) is 10.0 Å². The van der Waals surface area contributed by atoms with Gasteiger partial charge in [0.15, 0.2) is 5.37 Å². The molecule has 2 rings (SSSR count). The number of benzene rings is 1. The summed E-state index contributed by atoms with van der Waals surface area (Å²) in [5.74, 6) is -1.91. The Balaban J connectivity index is 2.20. The van der Waals surface area contributed by atoms with Crippen molar-refractivity contribution in [1.82, 2.24) is 10.9 Å². The van der Waals surface area contributed by atoms with Crippen LogP contribution in [0.3, 0.4) is 0 Å². The molecule has 1 aliphatic heterocycles. The molecule has 0 aromatic heterocycles. The Morgan fingerprint density at radius 1 is 1.50 bits per heavy atom. The molecule has 0 spiro atoms. The molecule has 0 saturated carbocycles. The summed E-state index contributed by atoms with van der Waals surface area (Å²) in [5.41, 5.74) is 5.92. The van der Waals surface area contributed by atoms with Crippen LogP contribution in [0.15, 0.2) is 18.2 Å². The van der Waals surface area contributed by atoms with Crippen molar-refractivity contribution in [2.75, 3.05) is 17.9 Å². The second kappa shape index (κ2) is 6.59. The molecule has 2 atom stereocenters. The minimum atomic E-state index is -3.91. The van der Waals surface area contributed by atoms with Gasteiger partial charge in [-0.15, -0.1) is 0 Å². The molecule has 0 aliphatic carbocycles. The first-order valence-electron chi connectivity index (χ1n) is 6.78. The number of hydrogen-bond acceptors (Lipinski definition) is 6. The van der Waals surface area contributed by atoms with E-state index in [1.165, 1.54) is 12.1 Å². The van der Waals surface area contributed by atoms with Gasteiger partial charge < -0.3 is 4.74 Å². The number of hydrogen-bond donors (Lipinski definition) is 3. The van der Waals surface area contributed by atoms with Crippen molar-refractivity contribution >= 4 is 21.7 Å². The van der Waals surface area contributed by atoms with Gasteiger partial charge in [-0.3, -0.25) is 14.9 Å². The minimum Gasteiger partial charge on any atom is -0.466 e. The van der Waals surface area contributed by atoms with Crippen LogP contribution >= 0.6 is 0 Å². The van der Waals surface area contributed by atoms with Crippen LogP contribution in [0, 0.1) is 18.7 Å². The number of anilines is 1. The maximum atomic E-state index is 13.1. The average Bonchev–Trinajstić information content (AvgIpc) is 2.92. The molecule has 9 heteroatoms. The summed E-state index contributed by atoms with van der Waals surface area (Å²) in [6, 6.07) is 3.72. The zero-order valence-corrected chi connectivity index (χ0v) is 13.0. The van der Waals surface area contributed by atoms with E-state index in [1.807, 2.05) is 0 Å². The summed E-state index contributed by atoms with van der Waals surface area (Å²) in [7, 11) is -3.91. The number of halogens is 1. The number of nitrogens with one attached hydrogen (secondary N) is 3. The highest BCUT2D eigenvalue weighted by Gasteiger charge is 2.42. The standard InChI is InChI=1S/C13H18FN3O4S/c1-3-21-13(18)10-7-15-16-12(10)22(19,20)17-11-5-4-9(14)6-8(11)2/h4-6,10,12,15-17H,3,7H2,1-2H3. The third-order valence-electron chi connectivity index (χ3n) is 3.30. The first-order chi connectivity index (χ1) is 10.3. The lowest BCUT2D eigenvalue weighted by atomic mass is 10.2. The molecular weight excluding hydrogens is 313 g/mol. The molecule has 1 saturated heterocycles. The monoisotopic (exact) mass is 331 g/mol. The molecule has 22 heavy (non-hydrogen) atoms. The Morgan fingerprint density at radius 2 is 2.23 bits per heavy atom. The van der Waals surface area contributed by atoms with Crippen LogP contribution in [0.5, 0.6) is 0 Å². The molecule has 0 radical (unpaired) electrons. The van der Waals surface area contributed by atoms with Crippen molar-refractivity contribution in [3.05, 3.63) is 29.6 Å². The highest BCUT2D eigenvalue weighted by Crippen LogP contribution is 2.22. The number of ether oxygens (including phenoxy) is 1. The molecule has 0 amide bonds. The minimum absolute atomic E-state index is 0.146. The lowest BCUT2D eigenvalue weighted by Crippen LogP contribution is -2.44. The van der Waals surface area contributed by atoms with Crippen molar-refractivity contribution < 1.29 is 22.3 Å². The summed E-state index contributed by atoms with van der Waals surface area (Å²) >= 11 is 0. The fourth-order valence-electron chi connectivity index (χ4n) is 2.19. The second-order valence-corrected chi connectivity index (χ2v) is 6.71. The van der Waals surface area contributed by atoms with Crippen molar-refractivity contribution in [3.8, 4) is 0 Å². The first kappa shape index (κ1) is 16.7. The maximum Gasteiger partial charge on any atom is 0.313 e. The molecule has 1 aliphatic rings. The number of carbonyl (C=O) groups is 1. The van der Waals surface area contributed by atoms with Gasteiger partial charge in [0.1, 0.15) is 11.7 Å². The van der Waals surface area contributed by atoms with Gasteiger partial charge in [-0.2, -0.15) is 0 Å². The second-order valence-electron chi connectivity index (χ2n) is 4.91. The molecule has 1 fully saturated rings. The summed E-state index contributed by atoms with van der Waals surface area (Å²) in [4.78, 5) is 11.8. The molecule has 1 heterocycles. The maximum absolute atomic E-state index is 13.1. The normalized spacial score (nSPS) is 21.6. The van der Waals surface area contributed by atoms with Crippen molar-refractivity contribution in [2.45, 2.75) is 19.2 Å². The topological polar surface area (TPSA) is 96.5 Å². The summed E-state index contributed by atoms with van der Waals surface area (Å²) in [6.45, 7) is 3.56. The number of carbonyl (C=O) groups excluding carboxylic acids is 1. The van der Waals surface area contributed by atoms with Crippen LogP contribution in [-0.2, 0) is 19.6 Å². The van der Waals surface area contributed by atoms with E-state index in [0.717, 1.165) is 6.07 Å². The Kier molecular flexibility index (Phi) is 4.99. The fourth-order valence-corrected chi connectivity index (χ4v) is 3.73. The van der Waals surface area contributed by atoms with Crippen molar-refractivity contribution in [3.63, 3.8) is 0 Å². The van der Waals surface area contributed by atoms with Crippen LogP contribution < -0.4 is 15.6 Å². The van der Waals surface area contributed by atoms with Crippen LogP contribution in [0.2, 0.25) is 0 Å². The smallest absolute Gasteiger partial charge is 0.313 e. The van der Waals surface area contributed by atoms with E-state index in [9.17, 15) is 17.6 Å². The summed E-state index contributed by atoms with van der Waals surface area (Å²) < 4.78 is 45.2. The van der Waals surface area contributed by atoms with Crippen molar-refractivity contribution in [2.24, 2.45) is 5.92 Å². The van der Waals surface area contributed by atoms with Gasteiger partial charge in [0.05, 0.1) is 12.3 Å². The number of esters is 1. The zero-order chi connectivity index (χ0) is 16.3. The number of aryl methyl sites for hydroxylation is 1. The van der Waals surface area contributed by atoms with E-state index in [4.69, 9.17) is 4.74 Å². The van der Waals surface area contributed by atoms with Gasteiger partial charge in [-0.25, -0.2) is 18.2 Å². The van der Waals surface area contributed by atoms with Crippen LogP contribution in [0.1, 0.15) is 12.5 Å². The van der Waals surface area contributed by atoms with E-state index < -0.39 is 33.1 Å². The molecule has 0 bridgehead atoms. The van der Waals surface area contributed by atoms with Crippen LogP contribution in [0.25, 0.3) is 0 Å². The Hall–Kier alpha value is -1.71. The van der Waals surface area contributed by atoms with Crippen LogP contribution in [-0.4, -0.2) is 32.9 Å². The molecule has 7 nitrogen and oxygen atoms in total. The molecule has 1 aromatic carbocycles. The van der Waals surface area contributed by atoms with E-state index >= 15 is 0 Å². The average molecular weight is 331 g/mol. The van der Waals surface area contributed by atoms with Gasteiger partial charge >= 0.3 is 5.97 Å². The number of rotatable bonds is 5. The lowest BCUT2D eigenvalue weighted by molar-refractivity contribution is -0.147.